The van der Waals surface area contributed by atoms with Crippen LogP contribution in [0.1, 0.15) is 11.4 Å². The standard InChI is InChI=1S/C15H13F3N6/c1-2-8-19-12-11-13(21-14(20-12)15(16,17)18)24(23-22-11)9-10-6-4-3-5-7-10/h2-7H,1,8-9H2,(H,19,20,21). The minimum Gasteiger partial charge on any atom is -0.365 e. The summed E-state index contributed by atoms with van der Waals surface area (Å²) in [6.07, 6.45) is -3.16. The summed E-state index contributed by atoms with van der Waals surface area (Å²) in [5, 5.41) is 10.6. The number of anilines is 1. The molecule has 0 saturated carbocycles. The Balaban J connectivity index is 2.09. The Morgan fingerprint density at radius 1 is 1.17 bits per heavy atom. The largest absolute Gasteiger partial charge is 0.451 e. The van der Waals surface area contributed by atoms with Crippen molar-refractivity contribution < 1.29 is 13.2 Å². The molecule has 0 aliphatic heterocycles. The molecule has 0 fully saturated rings. The molecular weight excluding hydrogens is 321 g/mol. The summed E-state index contributed by atoms with van der Waals surface area (Å²) in [5.41, 5.74) is 1.07. The highest BCUT2D eigenvalue weighted by Crippen LogP contribution is 2.29. The van der Waals surface area contributed by atoms with Crippen molar-refractivity contribution in [2.75, 3.05) is 11.9 Å². The molecule has 0 amide bonds. The minimum absolute atomic E-state index is 0.0211. The number of aromatic nitrogens is 5. The number of hydrogen-bond acceptors (Lipinski definition) is 5. The second-order valence-electron chi connectivity index (χ2n) is 4.97. The van der Waals surface area contributed by atoms with Gasteiger partial charge in [0.1, 0.15) is 0 Å². The van der Waals surface area contributed by atoms with Crippen molar-refractivity contribution in [1.82, 2.24) is 25.0 Å². The van der Waals surface area contributed by atoms with Crippen molar-refractivity contribution in [1.29, 1.82) is 0 Å². The predicted molar refractivity (Wildman–Crippen MR) is 82.4 cm³/mol. The lowest BCUT2D eigenvalue weighted by Crippen LogP contribution is -2.15. The van der Waals surface area contributed by atoms with Gasteiger partial charge in [-0.1, -0.05) is 41.6 Å². The Hall–Kier alpha value is -2.97. The number of fused-ring (bicyclic) bond motifs is 1. The van der Waals surface area contributed by atoms with E-state index in [-0.39, 0.29) is 30.1 Å². The van der Waals surface area contributed by atoms with Crippen molar-refractivity contribution in [3.05, 3.63) is 54.4 Å². The van der Waals surface area contributed by atoms with Gasteiger partial charge in [-0.15, -0.1) is 11.7 Å². The maximum atomic E-state index is 13.1. The second kappa shape index (κ2) is 6.26. The van der Waals surface area contributed by atoms with Crippen LogP contribution in [-0.2, 0) is 12.7 Å². The molecule has 1 N–H and O–H groups in total. The number of alkyl halides is 3. The zero-order valence-electron chi connectivity index (χ0n) is 12.5. The maximum absolute atomic E-state index is 13.1. The van der Waals surface area contributed by atoms with Crippen molar-refractivity contribution in [3.8, 4) is 0 Å². The van der Waals surface area contributed by atoms with Crippen LogP contribution in [0.4, 0.5) is 19.0 Å². The number of nitrogens with one attached hydrogen (secondary N) is 1. The molecule has 3 aromatic rings. The third-order valence-electron chi connectivity index (χ3n) is 3.21. The average Bonchev–Trinajstić information content (AvgIpc) is 2.96. The predicted octanol–water partition coefficient (Wildman–Crippen LogP) is 2.89. The number of hydrogen-bond donors (Lipinski definition) is 1. The molecule has 6 nitrogen and oxygen atoms in total. The van der Waals surface area contributed by atoms with Gasteiger partial charge in [-0.3, -0.25) is 0 Å². The van der Waals surface area contributed by atoms with Gasteiger partial charge in [0.25, 0.3) is 0 Å². The van der Waals surface area contributed by atoms with Gasteiger partial charge in [0.05, 0.1) is 6.54 Å². The van der Waals surface area contributed by atoms with E-state index in [2.05, 4.69) is 32.2 Å². The van der Waals surface area contributed by atoms with Crippen LogP contribution < -0.4 is 5.32 Å². The van der Waals surface area contributed by atoms with Crippen molar-refractivity contribution in [3.63, 3.8) is 0 Å². The van der Waals surface area contributed by atoms with Gasteiger partial charge in [-0.25, -0.2) is 14.6 Å². The molecule has 0 saturated heterocycles. The lowest BCUT2D eigenvalue weighted by Gasteiger charge is -2.09. The molecule has 0 spiro atoms. The van der Waals surface area contributed by atoms with Crippen molar-refractivity contribution in [2.24, 2.45) is 0 Å². The summed E-state index contributed by atoms with van der Waals surface area (Å²) < 4.78 is 40.5. The van der Waals surface area contributed by atoms with E-state index < -0.39 is 12.0 Å². The fraction of sp³-hybridized carbons (Fsp3) is 0.200. The van der Waals surface area contributed by atoms with Crippen molar-refractivity contribution >= 4 is 17.0 Å². The molecule has 124 valence electrons. The van der Waals surface area contributed by atoms with Crippen LogP contribution in [0.15, 0.2) is 43.0 Å². The SMILES string of the molecule is C=CCNc1nc(C(F)(F)F)nc2c1nnn2Cc1ccccc1. The van der Waals surface area contributed by atoms with Gasteiger partial charge in [0.2, 0.25) is 5.82 Å². The minimum atomic E-state index is -4.67. The van der Waals surface area contributed by atoms with Crippen LogP contribution in [0.25, 0.3) is 11.2 Å². The summed E-state index contributed by atoms with van der Waals surface area (Å²) in [6, 6.07) is 9.21. The molecule has 24 heavy (non-hydrogen) atoms. The normalized spacial score (nSPS) is 11.6. The van der Waals surface area contributed by atoms with Crippen molar-refractivity contribution in [2.45, 2.75) is 12.7 Å². The highest BCUT2D eigenvalue weighted by molar-refractivity contribution is 5.82. The first-order valence-corrected chi connectivity index (χ1v) is 7.06. The van der Waals surface area contributed by atoms with Crippen LogP contribution in [0.5, 0.6) is 0 Å². The van der Waals surface area contributed by atoms with Gasteiger partial charge in [-0.2, -0.15) is 13.2 Å². The Morgan fingerprint density at radius 2 is 1.92 bits per heavy atom. The van der Waals surface area contributed by atoms with Gasteiger partial charge in [-0.05, 0) is 5.56 Å². The van der Waals surface area contributed by atoms with E-state index in [1.165, 1.54) is 10.8 Å². The molecule has 2 aromatic heterocycles. The number of rotatable bonds is 5. The smallest absolute Gasteiger partial charge is 0.365 e. The van der Waals surface area contributed by atoms with Gasteiger partial charge in [0, 0.05) is 6.54 Å². The third kappa shape index (κ3) is 3.19. The lowest BCUT2D eigenvalue weighted by atomic mass is 10.2. The summed E-state index contributed by atoms with van der Waals surface area (Å²) in [6.45, 7) is 4.02. The Morgan fingerprint density at radius 3 is 2.58 bits per heavy atom. The van der Waals surface area contributed by atoms with Crippen LogP contribution in [-0.4, -0.2) is 31.5 Å². The molecule has 0 radical (unpaired) electrons. The zero-order valence-corrected chi connectivity index (χ0v) is 12.5. The van der Waals surface area contributed by atoms with Crippen LogP contribution in [0, 0.1) is 0 Å². The zero-order chi connectivity index (χ0) is 17.2. The van der Waals surface area contributed by atoms with Crippen LogP contribution in [0.2, 0.25) is 0 Å². The Labute approximate surface area is 135 Å². The molecule has 9 heteroatoms. The second-order valence-corrected chi connectivity index (χ2v) is 4.97. The van der Waals surface area contributed by atoms with Gasteiger partial charge < -0.3 is 5.32 Å². The molecule has 2 heterocycles. The highest BCUT2D eigenvalue weighted by atomic mass is 19.4. The molecule has 3 rings (SSSR count). The van der Waals surface area contributed by atoms with E-state index in [0.29, 0.717) is 0 Å². The van der Waals surface area contributed by atoms with Gasteiger partial charge in [0.15, 0.2) is 17.0 Å². The summed E-state index contributed by atoms with van der Waals surface area (Å²) in [7, 11) is 0. The van der Waals surface area contributed by atoms with E-state index in [1.807, 2.05) is 30.3 Å². The quantitative estimate of drug-likeness (QED) is 0.727. The summed E-state index contributed by atoms with van der Waals surface area (Å²) in [5.74, 6) is -1.26. The number of nitrogens with zero attached hydrogens (tertiary/aromatic N) is 5. The fourth-order valence-electron chi connectivity index (χ4n) is 2.14. The monoisotopic (exact) mass is 334 g/mol. The molecule has 0 bridgehead atoms. The molecule has 1 aromatic carbocycles. The van der Waals surface area contributed by atoms with E-state index in [4.69, 9.17) is 0 Å². The summed E-state index contributed by atoms with van der Waals surface area (Å²) in [4.78, 5) is 7.13. The number of halogens is 3. The first kappa shape index (κ1) is 15.9. The maximum Gasteiger partial charge on any atom is 0.451 e. The van der Waals surface area contributed by atoms with E-state index in [0.717, 1.165) is 5.56 Å². The molecular formula is C15H13F3N6. The Kier molecular flexibility index (Phi) is 4.15. The van der Waals surface area contributed by atoms with E-state index >= 15 is 0 Å². The first-order valence-electron chi connectivity index (χ1n) is 7.06. The molecule has 0 aliphatic carbocycles. The molecule has 0 unspecified atom stereocenters. The fourth-order valence-corrected chi connectivity index (χ4v) is 2.14. The topological polar surface area (TPSA) is 68.5 Å². The summed E-state index contributed by atoms with van der Waals surface area (Å²) >= 11 is 0. The van der Waals surface area contributed by atoms with Gasteiger partial charge >= 0.3 is 6.18 Å². The first-order chi connectivity index (χ1) is 11.5. The average molecular weight is 334 g/mol. The third-order valence-corrected chi connectivity index (χ3v) is 3.21. The highest BCUT2D eigenvalue weighted by Gasteiger charge is 2.36. The number of benzene rings is 1. The van der Waals surface area contributed by atoms with Crippen LogP contribution >= 0.6 is 0 Å². The molecule has 0 atom stereocenters. The molecule has 0 aliphatic rings. The Bertz CT molecular complexity index is 857. The van der Waals surface area contributed by atoms with E-state index in [1.54, 1.807) is 0 Å². The lowest BCUT2D eigenvalue weighted by molar-refractivity contribution is -0.144. The van der Waals surface area contributed by atoms with E-state index in [9.17, 15) is 13.2 Å². The van der Waals surface area contributed by atoms with Crippen LogP contribution in [0.3, 0.4) is 0 Å².